The molecule has 0 fully saturated rings. The molecule has 0 unspecified atom stereocenters. The lowest BCUT2D eigenvalue weighted by molar-refractivity contribution is 0.418. The molecule has 4 heteroatoms. The van der Waals surface area contributed by atoms with Crippen molar-refractivity contribution in [2.45, 2.75) is 20.3 Å². The largest absolute Gasteiger partial charge is 0.399 e. The maximum Gasteiger partial charge on any atom is 0.257 e. The van der Waals surface area contributed by atoms with Crippen molar-refractivity contribution < 1.29 is 4.52 Å². The minimum Gasteiger partial charge on any atom is -0.399 e. The third-order valence-electron chi connectivity index (χ3n) is 2.22. The van der Waals surface area contributed by atoms with Gasteiger partial charge in [0.1, 0.15) is 0 Å². The van der Waals surface area contributed by atoms with E-state index in [0.29, 0.717) is 11.8 Å². The normalized spacial score (nSPS) is 10.9. The smallest absolute Gasteiger partial charge is 0.257 e. The molecule has 1 heterocycles. The first-order valence-corrected chi connectivity index (χ1v) is 5.33. The van der Waals surface area contributed by atoms with Crippen molar-refractivity contribution in [3.8, 4) is 11.5 Å². The Balaban J connectivity index is 2.21. The first-order valence-electron chi connectivity index (χ1n) is 5.33. The molecule has 0 saturated heterocycles. The fourth-order valence-electron chi connectivity index (χ4n) is 1.44. The van der Waals surface area contributed by atoms with Crippen LogP contribution in [-0.4, -0.2) is 10.1 Å². The number of benzene rings is 1. The minimum atomic E-state index is 0.525. The highest BCUT2D eigenvalue weighted by atomic mass is 16.5. The Morgan fingerprint density at radius 3 is 2.56 bits per heavy atom. The van der Waals surface area contributed by atoms with Crippen LogP contribution >= 0.6 is 0 Å². The van der Waals surface area contributed by atoms with Crippen molar-refractivity contribution in [3.63, 3.8) is 0 Å². The quantitative estimate of drug-likeness (QED) is 0.802. The van der Waals surface area contributed by atoms with Crippen LogP contribution in [-0.2, 0) is 6.42 Å². The van der Waals surface area contributed by atoms with E-state index in [9.17, 15) is 0 Å². The summed E-state index contributed by atoms with van der Waals surface area (Å²) >= 11 is 0. The van der Waals surface area contributed by atoms with Gasteiger partial charge in [-0.05, 0) is 30.2 Å². The third-order valence-corrected chi connectivity index (χ3v) is 2.22. The van der Waals surface area contributed by atoms with Crippen LogP contribution < -0.4 is 5.73 Å². The van der Waals surface area contributed by atoms with Crippen molar-refractivity contribution in [1.29, 1.82) is 0 Å². The Morgan fingerprint density at radius 2 is 1.94 bits per heavy atom. The molecule has 2 aromatic rings. The van der Waals surface area contributed by atoms with Crippen molar-refractivity contribution in [3.05, 3.63) is 30.1 Å². The molecule has 1 aromatic heterocycles. The maximum atomic E-state index is 5.61. The molecule has 2 rings (SSSR count). The number of nitrogens with two attached hydrogens (primary N) is 1. The summed E-state index contributed by atoms with van der Waals surface area (Å²) in [5, 5.41) is 3.94. The summed E-state index contributed by atoms with van der Waals surface area (Å²) in [6, 6.07) is 7.40. The second kappa shape index (κ2) is 4.35. The molecule has 0 radical (unpaired) electrons. The average molecular weight is 217 g/mol. The molecule has 2 N–H and O–H groups in total. The predicted molar refractivity (Wildman–Crippen MR) is 62.7 cm³/mol. The van der Waals surface area contributed by atoms with Crippen molar-refractivity contribution >= 4 is 5.69 Å². The molecule has 0 aliphatic heterocycles. The Labute approximate surface area is 94.5 Å². The number of nitrogens with zero attached hydrogens (tertiary/aromatic N) is 2. The summed E-state index contributed by atoms with van der Waals surface area (Å²) in [5.41, 5.74) is 7.24. The lowest BCUT2D eigenvalue weighted by Gasteiger charge is -1.96. The molecular weight excluding hydrogens is 202 g/mol. The van der Waals surface area contributed by atoms with E-state index >= 15 is 0 Å². The van der Waals surface area contributed by atoms with Crippen molar-refractivity contribution in [2.24, 2.45) is 5.92 Å². The fraction of sp³-hybridized carbons (Fsp3) is 0.333. The molecule has 0 saturated carbocycles. The number of anilines is 1. The van der Waals surface area contributed by atoms with Crippen molar-refractivity contribution in [2.75, 3.05) is 5.73 Å². The maximum absolute atomic E-state index is 5.61. The summed E-state index contributed by atoms with van der Waals surface area (Å²) in [4.78, 5) is 4.33. The van der Waals surface area contributed by atoms with Crippen LogP contribution in [0, 0.1) is 5.92 Å². The van der Waals surface area contributed by atoms with Gasteiger partial charge in [0.15, 0.2) is 5.82 Å². The Kier molecular flexibility index (Phi) is 2.90. The van der Waals surface area contributed by atoms with Crippen LogP contribution in [0.5, 0.6) is 0 Å². The van der Waals surface area contributed by atoms with Gasteiger partial charge in [0.25, 0.3) is 5.89 Å². The van der Waals surface area contributed by atoms with Crippen molar-refractivity contribution in [1.82, 2.24) is 10.1 Å². The van der Waals surface area contributed by atoms with E-state index in [1.807, 2.05) is 24.3 Å². The van der Waals surface area contributed by atoms with Crippen LogP contribution in [0.4, 0.5) is 5.69 Å². The van der Waals surface area contributed by atoms with Gasteiger partial charge in [0, 0.05) is 17.7 Å². The number of aromatic nitrogens is 2. The molecule has 0 spiro atoms. The van der Waals surface area contributed by atoms with Crippen LogP contribution in [0.15, 0.2) is 28.8 Å². The van der Waals surface area contributed by atoms with Crippen LogP contribution in [0.3, 0.4) is 0 Å². The molecule has 0 atom stereocenters. The fourth-order valence-corrected chi connectivity index (χ4v) is 1.44. The van der Waals surface area contributed by atoms with Gasteiger partial charge in [-0.25, -0.2) is 0 Å². The molecule has 0 amide bonds. The molecular formula is C12H15N3O. The first-order chi connectivity index (χ1) is 7.65. The highest BCUT2D eigenvalue weighted by Crippen LogP contribution is 2.19. The van der Waals surface area contributed by atoms with E-state index in [1.165, 1.54) is 0 Å². The monoisotopic (exact) mass is 217 g/mol. The zero-order chi connectivity index (χ0) is 11.5. The standard InChI is InChI=1S/C12H15N3O/c1-8(2)7-11-14-12(16-15-11)9-3-5-10(13)6-4-9/h3-6,8H,7,13H2,1-2H3. The van der Waals surface area contributed by atoms with Gasteiger partial charge in [-0.3, -0.25) is 0 Å². The molecule has 84 valence electrons. The van der Waals surface area contributed by atoms with E-state index in [2.05, 4.69) is 24.0 Å². The highest BCUT2D eigenvalue weighted by Gasteiger charge is 2.09. The average Bonchev–Trinajstić information content (AvgIpc) is 2.66. The number of nitrogen functional groups attached to an aromatic ring is 1. The van der Waals surface area contributed by atoms with Gasteiger partial charge in [-0.15, -0.1) is 0 Å². The molecule has 0 aliphatic rings. The van der Waals surface area contributed by atoms with Gasteiger partial charge < -0.3 is 10.3 Å². The van der Waals surface area contributed by atoms with Gasteiger partial charge in [-0.1, -0.05) is 19.0 Å². The van der Waals surface area contributed by atoms with Crippen LogP contribution in [0.1, 0.15) is 19.7 Å². The predicted octanol–water partition coefficient (Wildman–Crippen LogP) is 2.52. The van der Waals surface area contributed by atoms with Crippen LogP contribution in [0.25, 0.3) is 11.5 Å². The molecule has 1 aromatic carbocycles. The summed E-state index contributed by atoms with van der Waals surface area (Å²) in [5.74, 6) is 1.83. The number of hydrogen-bond acceptors (Lipinski definition) is 4. The molecule has 0 bridgehead atoms. The Morgan fingerprint density at radius 1 is 1.25 bits per heavy atom. The summed E-state index contributed by atoms with van der Waals surface area (Å²) in [7, 11) is 0. The lowest BCUT2D eigenvalue weighted by atomic mass is 10.1. The topological polar surface area (TPSA) is 64.9 Å². The first kappa shape index (κ1) is 10.7. The van der Waals surface area contributed by atoms with Gasteiger partial charge in [0.2, 0.25) is 0 Å². The summed E-state index contributed by atoms with van der Waals surface area (Å²) in [6.07, 6.45) is 0.832. The molecule has 4 nitrogen and oxygen atoms in total. The SMILES string of the molecule is CC(C)Cc1noc(-c2ccc(N)cc2)n1. The van der Waals surface area contributed by atoms with E-state index in [-0.39, 0.29) is 0 Å². The second-order valence-corrected chi connectivity index (χ2v) is 4.24. The third kappa shape index (κ3) is 2.39. The van der Waals surface area contributed by atoms with Gasteiger partial charge >= 0.3 is 0 Å². The lowest BCUT2D eigenvalue weighted by Crippen LogP contribution is -1.95. The Hall–Kier alpha value is -1.84. The van der Waals surface area contributed by atoms with Crippen LogP contribution in [0.2, 0.25) is 0 Å². The highest BCUT2D eigenvalue weighted by molar-refractivity contribution is 5.56. The number of rotatable bonds is 3. The zero-order valence-electron chi connectivity index (χ0n) is 9.47. The van der Waals surface area contributed by atoms with E-state index in [1.54, 1.807) is 0 Å². The zero-order valence-corrected chi connectivity index (χ0v) is 9.47. The second-order valence-electron chi connectivity index (χ2n) is 4.24. The summed E-state index contributed by atoms with van der Waals surface area (Å²) in [6.45, 7) is 4.25. The minimum absolute atomic E-state index is 0.525. The van der Waals surface area contributed by atoms with E-state index in [4.69, 9.17) is 10.3 Å². The molecule has 16 heavy (non-hydrogen) atoms. The van der Waals surface area contributed by atoms with Gasteiger partial charge in [-0.2, -0.15) is 4.98 Å². The van der Waals surface area contributed by atoms with Gasteiger partial charge in [0.05, 0.1) is 0 Å². The summed E-state index contributed by atoms with van der Waals surface area (Å²) < 4.78 is 5.19. The molecule has 0 aliphatic carbocycles. The Bertz CT molecular complexity index is 459. The van der Waals surface area contributed by atoms with E-state index < -0.39 is 0 Å². The number of hydrogen-bond donors (Lipinski definition) is 1. The van der Waals surface area contributed by atoms with E-state index in [0.717, 1.165) is 23.5 Å².